The Bertz CT molecular complexity index is 739. The second kappa shape index (κ2) is 7.49. The van der Waals surface area contributed by atoms with Crippen LogP contribution in [-0.2, 0) is 16.3 Å². The summed E-state index contributed by atoms with van der Waals surface area (Å²) in [5.41, 5.74) is 2.28. The molecule has 0 unspecified atom stereocenters. The van der Waals surface area contributed by atoms with Crippen molar-refractivity contribution in [2.75, 3.05) is 12.8 Å². The van der Waals surface area contributed by atoms with Crippen LogP contribution in [0.25, 0.3) is 5.69 Å². The zero-order chi connectivity index (χ0) is 17.0. The molecule has 3 rings (SSSR count). The van der Waals surface area contributed by atoms with E-state index < -0.39 is 9.84 Å². The second-order valence-electron chi connectivity index (χ2n) is 6.58. The molecule has 0 spiro atoms. The van der Waals surface area contributed by atoms with E-state index in [2.05, 4.69) is 34.7 Å². The molecule has 6 heteroatoms. The molecule has 1 aromatic heterocycles. The molecule has 2 aromatic rings. The van der Waals surface area contributed by atoms with Crippen molar-refractivity contribution in [3.63, 3.8) is 0 Å². The maximum Gasteiger partial charge on any atom is 0.151 e. The van der Waals surface area contributed by atoms with E-state index in [-0.39, 0.29) is 11.3 Å². The summed E-state index contributed by atoms with van der Waals surface area (Å²) in [6, 6.07) is 10.3. The molecule has 1 fully saturated rings. The number of nitrogens with zero attached hydrogens (tertiary/aromatic N) is 2. The first-order valence-electron chi connectivity index (χ1n) is 8.55. The van der Waals surface area contributed by atoms with E-state index in [0.29, 0.717) is 0 Å². The van der Waals surface area contributed by atoms with Gasteiger partial charge in [-0.25, -0.2) is 13.1 Å². The van der Waals surface area contributed by atoms with Crippen LogP contribution in [0.3, 0.4) is 0 Å². The Balaban J connectivity index is 1.54. The van der Waals surface area contributed by atoms with Crippen LogP contribution in [0.15, 0.2) is 42.7 Å². The predicted octanol–water partition coefficient (Wildman–Crippen LogP) is 2.36. The van der Waals surface area contributed by atoms with Gasteiger partial charge < -0.3 is 5.32 Å². The maximum atomic E-state index is 11.9. The van der Waals surface area contributed by atoms with Gasteiger partial charge in [-0.05, 0) is 49.6 Å². The van der Waals surface area contributed by atoms with Crippen molar-refractivity contribution in [1.82, 2.24) is 15.1 Å². The SMILES string of the molecule is CS(=O)(=O)[C@H]1CCCC[C@@H]1NCCc1ccc(-n2cccn2)cc1. The molecule has 0 bridgehead atoms. The Morgan fingerprint density at radius 3 is 2.62 bits per heavy atom. The van der Waals surface area contributed by atoms with Crippen LogP contribution >= 0.6 is 0 Å². The van der Waals surface area contributed by atoms with Gasteiger partial charge in [-0.15, -0.1) is 0 Å². The Labute approximate surface area is 144 Å². The van der Waals surface area contributed by atoms with Crippen molar-refractivity contribution in [1.29, 1.82) is 0 Å². The summed E-state index contributed by atoms with van der Waals surface area (Å²) in [6.45, 7) is 0.803. The normalized spacial score (nSPS) is 21.7. The number of aromatic nitrogens is 2. The molecule has 0 aliphatic heterocycles. The van der Waals surface area contributed by atoms with E-state index in [1.165, 1.54) is 11.8 Å². The number of hydrogen-bond acceptors (Lipinski definition) is 4. The van der Waals surface area contributed by atoms with Gasteiger partial charge in [-0.2, -0.15) is 5.10 Å². The van der Waals surface area contributed by atoms with Crippen molar-refractivity contribution in [3.05, 3.63) is 48.3 Å². The lowest BCUT2D eigenvalue weighted by Gasteiger charge is -2.31. The summed E-state index contributed by atoms with van der Waals surface area (Å²) in [7, 11) is -2.97. The molecule has 1 N–H and O–H groups in total. The number of benzene rings is 1. The topological polar surface area (TPSA) is 64.0 Å². The second-order valence-corrected chi connectivity index (χ2v) is 8.84. The Morgan fingerprint density at radius 1 is 1.21 bits per heavy atom. The van der Waals surface area contributed by atoms with Gasteiger partial charge in [0.25, 0.3) is 0 Å². The van der Waals surface area contributed by atoms with Gasteiger partial charge in [0.15, 0.2) is 9.84 Å². The molecule has 2 atom stereocenters. The smallest absolute Gasteiger partial charge is 0.151 e. The average Bonchev–Trinajstić information content (AvgIpc) is 3.09. The summed E-state index contributed by atoms with van der Waals surface area (Å²) < 4.78 is 25.7. The number of sulfone groups is 1. The van der Waals surface area contributed by atoms with E-state index in [0.717, 1.165) is 44.3 Å². The van der Waals surface area contributed by atoms with Crippen LogP contribution in [0.5, 0.6) is 0 Å². The fourth-order valence-electron chi connectivity index (χ4n) is 3.48. The van der Waals surface area contributed by atoms with Gasteiger partial charge >= 0.3 is 0 Å². The molecule has 0 radical (unpaired) electrons. The van der Waals surface area contributed by atoms with Gasteiger partial charge in [0.1, 0.15) is 0 Å². The zero-order valence-electron chi connectivity index (χ0n) is 14.1. The molecule has 1 saturated carbocycles. The zero-order valence-corrected chi connectivity index (χ0v) is 14.9. The highest BCUT2D eigenvalue weighted by Gasteiger charge is 2.32. The first-order chi connectivity index (χ1) is 11.5. The van der Waals surface area contributed by atoms with Gasteiger partial charge in [-0.1, -0.05) is 25.0 Å². The number of nitrogens with one attached hydrogen (secondary N) is 1. The van der Waals surface area contributed by atoms with Gasteiger partial charge in [0.05, 0.1) is 10.9 Å². The number of rotatable bonds is 6. The van der Waals surface area contributed by atoms with Crippen LogP contribution in [0, 0.1) is 0 Å². The Kier molecular flexibility index (Phi) is 5.36. The molecule has 130 valence electrons. The predicted molar refractivity (Wildman–Crippen MR) is 96.2 cm³/mol. The molecular weight excluding hydrogens is 322 g/mol. The van der Waals surface area contributed by atoms with Gasteiger partial charge in [0, 0.05) is 24.7 Å². The maximum absolute atomic E-state index is 11.9. The fraction of sp³-hybridized carbons (Fsp3) is 0.500. The molecule has 1 aliphatic carbocycles. The van der Waals surface area contributed by atoms with Crippen LogP contribution in [0.4, 0.5) is 0 Å². The minimum absolute atomic E-state index is 0.0945. The summed E-state index contributed by atoms with van der Waals surface area (Å²) in [6.07, 6.45) is 9.82. The Morgan fingerprint density at radius 2 is 1.96 bits per heavy atom. The standard InChI is InChI=1S/C18H25N3O2S/c1-24(22,23)18-6-3-2-5-17(18)19-13-11-15-7-9-16(10-8-15)21-14-4-12-20-21/h4,7-10,12,14,17-19H,2-3,5-6,11,13H2,1H3/t17-,18-/m0/s1. The molecule has 5 nitrogen and oxygen atoms in total. The molecule has 0 saturated heterocycles. The van der Waals surface area contributed by atoms with Crippen LogP contribution < -0.4 is 5.32 Å². The monoisotopic (exact) mass is 347 g/mol. The highest BCUT2D eigenvalue weighted by molar-refractivity contribution is 7.91. The largest absolute Gasteiger partial charge is 0.312 e. The highest BCUT2D eigenvalue weighted by atomic mass is 32.2. The van der Waals surface area contributed by atoms with Crippen molar-refractivity contribution in [2.24, 2.45) is 0 Å². The molecule has 1 aliphatic rings. The van der Waals surface area contributed by atoms with E-state index in [1.807, 2.05) is 16.9 Å². The van der Waals surface area contributed by atoms with E-state index in [4.69, 9.17) is 0 Å². The van der Waals surface area contributed by atoms with Gasteiger partial charge in [0.2, 0.25) is 0 Å². The lowest BCUT2D eigenvalue weighted by atomic mass is 9.94. The summed E-state index contributed by atoms with van der Waals surface area (Å²) in [5, 5.41) is 7.46. The third-order valence-corrected chi connectivity index (χ3v) is 6.44. The first kappa shape index (κ1) is 17.2. The van der Waals surface area contributed by atoms with Gasteiger partial charge in [-0.3, -0.25) is 0 Å². The van der Waals surface area contributed by atoms with Crippen molar-refractivity contribution in [2.45, 2.75) is 43.4 Å². The minimum Gasteiger partial charge on any atom is -0.312 e. The third-order valence-electron chi connectivity index (χ3n) is 4.78. The quantitative estimate of drug-likeness (QED) is 0.871. The highest BCUT2D eigenvalue weighted by Crippen LogP contribution is 2.24. The average molecular weight is 347 g/mol. The van der Waals surface area contributed by atoms with E-state index >= 15 is 0 Å². The summed E-state index contributed by atoms with van der Waals surface area (Å²) in [5.74, 6) is 0. The third kappa shape index (κ3) is 4.24. The van der Waals surface area contributed by atoms with Crippen molar-refractivity contribution in [3.8, 4) is 5.69 Å². The lowest BCUT2D eigenvalue weighted by Crippen LogP contribution is -2.46. The first-order valence-corrected chi connectivity index (χ1v) is 10.5. The van der Waals surface area contributed by atoms with Crippen LogP contribution in [-0.4, -0.2) is 42.3 Å². The molecular formula is C18H25N3O2S. The van der Waals surface area contributed by atoms with Crippen molar-refractivity contribution >= 4 is 9.84 Å². The summed E-state index contributed by atoms with van der Waals surface area (Å²) >= 11 is 0. The molecule has 1 heterocycles. The minimum atomic E-state index is -2.97. The molecule has 0 amide bonds. The van der Waals surface area contributed by atoms with Crippen LogP contribution in [0.2, 0.25) is 0 Å². The fourth-order valence-corrected chi connectivity index (χ4v) is 4.91. The van der Waals surface area contributed by atoms with E-state index in [1.54, 1.807) is 6.20 Å². The van der Waals surface area contributed by atoms with Crippen molar-refractivity contribution < 1.29 is 8.42 Å². The molecule has 24 heavy (non-hydrogen) atoms. The van der Waals surface area contributed by atoms with Crippen LogP contribution in [0.1, 0.15) is 31.2 Å². The molecule has 1 aromatic carbocycles. The Hall–Kier alpha value is -1.66. The summed E-state index contributed by atoms with van der Waals surface area (Å²) in [4.78, 5) is 0. The lowest BCUT2D eigenvalue weighted by molar-refractivity contribution is 0.373. The van der Waals surface area contributed by atoms with E-state index in [9.17, 15) is 8.42 Å². The number of hydrogen-bond donors (Lipinski definition) is 1.